The van der Waals surface area contributed by atoms with Crippen molar-refractivity contribution in [3.8, 4) is 0 Å². The van der Waals surface area contributed by atoms with Gasteiger partial charge in [-0.05, 0) is 18.9 Å². The zero-order chi connectivity index (χ0) is 15.5. The second-order valence-corrected chi connectivity index (χ2v) is 6.62. The Bertz CT molecular complexity index is 651. The van der Waals surface area contributed by atoms with Crippen LogP contribution in [-0.4, -0.2) is 37.3 Å². The van der Waals surface area contributed by atoms with Gasteiger partial charge in [-0.2, -0.15) is 4.31 Å². The van der Waals surface area contributed by atoms with Crippen LogP contribution in [0.15, 0.2) is 35.7 Å². The van der Waals surface area contributed by atoms with Gasteiger partial charge in [0.1, 0.15) is 4.90 Å². The molecule has 1 aliphatic rings. The maximum atomic E-state index is 12.6. The third-order valence-electron chi connectivity index (χ3n) is 3.30. The molecule has 0 radical (unpaired) electrons. The maximum Gasteiger partial charge on any atom is 0.270 e. The number of sulfonamides is 1. The van der Waals surface area contributed by atoms with E-state index in [0.717, 1.165) is 18.9 Å². The molecule has 0 spiro atoms. The summed E-state index contributed by atoms with van der Waals surface area (Å²) in [5, 5.41) is 13.8. The molecule has 1 aliphatic heterocycles. The van der Waals surface area contributed by atoms with E-state index in [-0.39, 0.29) is 10.6 Å². The van der Waals surface area contributed by atoms with E-state index >= 15 is 0 Å². The minimum atomic E-state index is -3.72. The Balaban J connectivity index is 2.48. The molecule has 1 aromatic carbocycles. The first-order valence-electron chi connectivity index (χ1n) is 6.60. The summed E-state index contributed by atoms with van der Waals surface area (Å²) in [4.78, 5) is 10.2. The van der Waals surface area contributed by atoms with Crippen molar-refractivity contribution in [1.82, 2.24) is 4.31 Å². The van der Waals surface area contributed by atoms with Crippen molar-refractivity contribution < 1.29 is 13.3 Å². The molecular weight excluding hydrogens is 294 g/mol. The lowest BCUT2D eigenvalue weighted by Crippen LogP contribution is -2.28. The molecule has 0 amide bonds. The van der Waals surface area contributed by atoms with Crippen molar-refractivity contribution in [2.75, 3.05) is 25.0 Å². The third kappa shape index (κ3) is 3.22. The molecule has 21 heavy (non-hydrogen) atoms. The molecule has 1 N–H and O–H groups in total. The zero-order valence-electron chi connectivity index (χ0n) is 11.5. The number of nitro groups is 1. The van der Waals surface area contributed by atoms with E-state index < -0.39 is 14.9 Å². The highest BCUT2D eigenvalue weighted by molar-refractivity contribution is 7.89. The quantitative estimate of drug-likeness (QED) is 0.492. The van der Waals surface area contributed by atoms with Crippen molar-refractivity contribution in [2.24, 2.45) is 0 Å². The molecule has 7 nitrogen and oxygen atoms in total. The van der Waals surface area contributed by atoms with Crippen molar-refractivity contribution >= 4 is 21.4 Å². The fourth-order valence-electron chi connectivity index (χ4n) is 2.23. The van der Waals surface area contributed by atoms with Crippen LogP contribution in [0.2, 0.25) is 0 Å². The largest absolute Gasteiger partial charge is 0.380 e. The Morgan fingerprint density at radius 3 is 2.62 bits per heavy atom. The molecule has 0 aliphatic carbocycles. The highest BCUT2D eigenvalue weighted by Gasteiger charge is 2.30. The molecular formula is C13H17N3O4S. The summed E-state index contributed by atoms with van der Waals surface area (Å²) in [6, 6.07) is 3.82. The van der Waals surface area contributed by atoms with E-state index in [0.29, 0.717) is 25.3 Å². The van der Waals surface area contributed by atoms with E-state index in [9.17, 15) is 18.5 Å². The van der Waals surface area contributed by atoms with Crippen LogP contribution in [0.4, 0.5) is 11.4 Å². The highest BCUT2D eigenvalue weighted by atomic mass is 32.2. The van der Waals surface area contributed by atoms with Crippen LogP contribution in [0.1, 0.15) is 12.8 Å². The average molecular weight is 311 g/mol. The lowest BCUT2D eigenvalue weighted by molar-refractivity contribution is -0.385. The summed E-state index contributed by atoms with van der Waals surface area (Å²) in [5.41, 5.74) is 0.115. The van der Waals surface area contributed by atoms with Gasteiger partial charge >= 0.3 is 0 Å². The molecule has 2 rings (SSSR count). The highest BCUT2D eigenvalue weighted by Crippen LogP contribution is 2.30. The second-order valence-electron chi connectivity index (χ2n) is 4.72. The fourth-order valence-corrected chi connectivity index (χ4v) is 3.94. The Labute approximate surface area is 123 Å². The summed E-state index contributed by atoms with van der Waals surface area (Å²) in [6.45, 7) is 4.84. The summed E-state index contributed by atoms with van der Waals surface area (Å²) < 4.78 is 26.6. The predicted octanol–water partition coefficient (Wildman–Crippen LogP) is 1.98. The van der Waals surface area contributed by atoms with Gasteiger partial charge in [-0.25, -0.2) is 8.42 Å². The fraction of sp³-hybridized carbons (Fsp3) is 0.385. The topological polar surface area (TPSA) is 92.5 Å². The molecule has 1 saturated heterocycles. The van der Waals surface area contributed by atoms with Crippen LogP contribution in [0.25, 0.3) is 0 Å². The number of hydrogen-bond acceptors (Lipinski definition) is 5. The van der Waals surface area contributed by atoms with Crippen LogP contribution >= 0.6 is 0 Å². The number of anilines is 1. The van der Waals surface area contributed by atoms with Gasteiger partial charge < -0.3 is 5.32 Å². The summed E-state index contributed by atoms with van der Waals surface area (Å²) in [7, 11) is -3.72. The minimum absolute atomic E-state index is 0.0551. The normalized spacial score (nSPS) is 15.8. The number of non-ortho nitro benzene ring substituents is 1. The van der Waals surface area contributed by atoms with E-state index in [2.05, 4.69) is 11.9 Å². The molecule has 0 unspecified atom stereocenters. The first-order chi connectivity index (χ1) is 9.96. The van der Waals surface area contributed by atoms with Crippen molar-refractivity contribution in [1.29, 1.82) is 0 Å². The van der Waals surface area contributed by atoms with E-state index in [1.807, 2.05) is 0 Å². The number of benzene rings is 1. The van der Waals surface area contributed by atoms with E-state index in [4.69, 9.17) is 0 Å². The van der Waals surface area contributed by atoms with Gasteiger partial charge in [0.05, 0.1) is 10.6 Å². The zero-order valence-corrected chi connectivity index (χ0v) is 12.3. The molecule has 0 aromatic heterocycles. The van der Waals surface area contributed by atoms with Crippen LogP contribution < -0.4 is 5.32 Å². The molecule has 1 heterocycles. The Hall–Kier alpha value is -1.93. The number of hydrogen-bond donors (Lipinski definition) is 1. The van der Waals surface area contributed by atoms with Crippen molar-refractivity contribution in [3.63, 3.8) is 0 Å². The smallest absolute Gasteiger partial charge is 0.270 e. The van der Waals surface area contributed by atoms with Gasteiger partial charge in [-0.1, -0.05) is 6.08 Å². The van der Waals surface area contributed by atoms with Gasteiger partial charge in [-0.15, -0.1) is 6.58 Å². The summed E-state index contributed by atoms with van der Waals surface area (Å²) >= 11 is 0. The van der Waals surface area contributed by atoms with Gasteiger partial charge in [0.15, 0.2) is 0 Å². The van der Waals surface area contributed by atoms with E-state index in [1.54, 1.807) is 6.08 Å². The van der Waals surface area contributed by atoms with Crippen LogP contribution in [0.3, 0.4) is 0 Å². The molecule has 8 heteroatoms. The molecule has 0 saturated carbocycles. The molecule has 0 bridgehead atoms. The maximum absolute atomic E-state index is 12.6. The van der Waals surface area contributed by atoms with Gasteiger partial charge in [-0.3, -0.25) is 10.1 Å². The summed E-state index contributed by atoms with van der Waals surface area (Å²) in [6.07, 6.45) is 3.21. The Morgan fingerprint density at radius 2 is 2.05 bits per heavy atom. The molecule has 1 aromatic rings. The summed E-state index contributed by atoms with van der Waals surface area (Å²) in [5.74, 6) is 0. The lowest BCUT2D eigenvalue weighted by atomic mass is 10.3. The number of nitrogens with one attached hydrogen (secondary N) is 1. The third-order valence-corrected chi connectivity index (χ3v) is 5.23. The van der Waals surface area contributed by atoms with Crippen molar-refractivity contribution in [2.45, 2.75) is 17.7 Å². The van der Waals surface area contributed by atoms with E-state index in [1.165, 1.54) is 16.4 Å². The van der Waals surface area contributed by atoms with Crippen LogP contribution in [-0.2, 0) is 10.0 Å². The molecule has 1 fully saturated rings. The first kappa shape index (κ1) is 15.5. The van der Waals surface area contributed by atoms with Gasteiger partial charge in [0.2, 0.25) is 10.0 Å². The van der Waals surface area contributed by atoms with Crippen LogP contribution in [0, 0.1) is 10.1 Å². The second kappa shape index (κ2) is 6.23. The monoisotopic (exact) mass is 311 g/mol. The standard InChI is InChI=1S/C13H17N3O4S/c1-2-7-14-12-6-5-11(16(17)18)10-13(12)21(19,20)15-8-3-4-9-15/h2,5-6,10,14H,1,3-4,7-9H2. The van der Waals surface area contributed by atoms with Crippen LogP contribution in [0.5, 0.6) is 0 Å². The molecule has 114 valence electrons. The number of rotatable bonds is 6. The first-order valence-corrected chi connectivity index (χ1v) is 8.04. The average Bonchev–Trinajstić information content (AvgIpc) is 2.99. The molecule has 0 atom stereocenters. The lowest BCUT2D eigenvalue weighted by Gasteiger charge is -2.18. The Morgan fingerprint density at radius 1 is 1.38 bits per heavy atom. The van der Waals surface area contributed by atoms with Crippen molar-refractivity contribution in [3.05, 3.63) is 41.0 Å². The van der Waals surface area contributed by atoms with Gasteiger partial charge in [0.25, 0.3) is 5.69 Å². The number of nitro benzene ring substituents is 1. The minimum Gasteiger partial charge on any atom is -0.380 e. The number of nitrogens with zero attached hydrogens (tertiary/aromatic N) is 2. The Kier molecular flexibility index (Phi) is 4.59. The predicted molar refractivity (Wildman–Crippen MR) is 79.8 cm³/mol. The SMILES string of the molecule is C=CCNc1ccc([N+](=O)[O-])cc1S(=O)(=O)N1CCCC1. The van der Waals surface area contributed by atoms with Gasteiger partial charge in [0, 0.05) is 31.8 Å².